The van der Waals surface area contributed by atoms with Crippen LogP contribution in [0, 0.1) is 0 Å². The van der Waals surface area contributed by atoms with E-state index in [1.165, 1.54) is 0 Å². The zero-order valence-corrected chi connectivity index (χ0v) is 19.2. The summed E-state index contributed by atoms with van der Waals surface area (Å²) in [4.78, 5) is 36.7. The van der Waals surface area contributed by atoms with Crippen LogP contribution in [0.15, 0.2) is 66.7 Å². The number of carbonyl (C=O) groups is 3. The highest BCUT2D eigenvalue weighted by Crippen LogP contribution is 2.44. The van der Waals surface area contributed by atoms with Gasteiger partial charge < -0.3 is 20.3 Å². The SMILES string of the molecule is CCc1ccc(NC(=O)OCC2c3ccccc3-c3ccccc32)c(C(=O)N[C@H](CO)C(=O)O)c1. The Morgan fingerprint density at radius 3 is 2.17 bits per heavy atom. The van der Waals surface area contributed by atoms with E-state index in [9.17, 15) is 19.5 Å². The number of aliphatic carboxylic acids is 1. The Morgan fingerprint density at radius 1 is 0.971 bits per heavy atom. The lowest BCUT2D eigenvalue weighted by molar-refractivity contribution is -0.140. The minimum absolute atomic E-state index is 0.0811. The van der Waals surface area contributed by atoms with E-state index < -0.39 is 30.6 Å². The van der Waals surface area contributed by atoms with Crippen LogP contribution < -0.4 is 10.6 Å². The van der Waals surface area contributed by atoms with Gasteiger partial charge >= 0.3 is 12.1 Å². The van der Waals surface area contributed by atoms with Crippen molar-refractivity contribution >= 4 is 23.7 Å². The zero-order valence-electron chi connectivity index (χ0n) is 19.2. The first kappa shape index (κ1) is 24.0. The number of nitrogens with one attached hydrogen (secondary N) is 2. The summed E-state index contributed by atoms with van der Waals surface area (Å²) >= 11 is 0. The standard InChI is InChI=1S/C27H26N2O6/c1-2-16-11-12-23(21(13-16)25(31)28-24(14-30)26(32)33)29-27(34)35-15-22-19-9-5-3-7-17(19)18-8-4-6-10-20(18)22/h3-13,22,24,30H,2,14-15H2,1H3,(H,28,31)(H,29,34)(H,32,33)/t24-/m1/s1. The number of aliphatic hydroxyl groups is 1. The molecule has 0 aliphatic heterocycles. The molecule has 0 saturated heterocycles. The first-order chi connectivity index (χ1) is 16.9. The van der Waals surface area contributed by atoms with Crippen LogP contribution in [-0.2, 0) is 16.0 Å². The average molecular weight is 475 g/mol. The molecule has 0 saturated carbocycles. The second kappa shape index (κ2) is 10.4. The Labute approximate surface area is 202 Å². The van der Waals surface area contributed by atoms with Crippen molar-refractivity contribution in [1.82, 2.24) is 5.32 Å². The molecule has 0 spiro atoms. The fourth-order valence-electron chi connectivity index (χ4n) is 4.27. The van der Waals surface area contributed by atoms with Gasteiger partial charge in [0.25, 0.3) is 5.91 Å². The normalized spacial score (nSPS) is 12.9. The fourth-order valence-corrected chi connectivity index (χ4v) is 4.27. The molecule has 3 aromatic rings. The lowest BCUT2D eigenvalue weighted by Gasteiger charge is -2.17. The summed E-state index contributed by atoms with van der Waals surface area (Å²) in [5.41, 5.74) is 5.47. The number of aliphatic hydroxyl groups excluding tert-OH is 1. The van der Waals surface area contributed by atoms with E-state index in [2.05, 4.69) is 10.6 Å². The first-order valence-electron chi connectivity index (χ1n) is 11.3. The van der Waals surface area contributed by atoms with E-state index in [0.717, 1.165) is 27.8 Å². The maximum atomic E-state index is 12.8. The van der Waals surface area contributed by atoms with E-state index in [4.69, 9.17) is 9.84 Å². The number of amides is 2. The number of rotatable bonds is 8. The smallest absolute Gasteiger partial charge is 0.411 e. The lowest BCUT2D eigenvalue weighted by atomic mass is 9.98. The molecule has 35 heavy (non-hydrogen) atoms. The quantitative estimate of drug-likeness (QED) is 0.394. The molecule has 0 radical (unpaired) electrons. The molecule has 8 nitrogen and oxygen atoms in total. The third-order valence-corrected chi connectivity index (χ3v) is 6.10. The van der Waals surface area contributed by atoms with Crippen LogP contribution in [-0.4, -0.2) is 47.4 Å². The predicted molar refractivity (Wildman–Crippen MR) is 130 cm³/mol. The lowest BCUT2D eigenvalue weighted by Crippen LogP contribution is -2.43. The van der Waals surface area contributed by atoms with Crippen molar-refractivity contribution in [3.8, 4) is 11.1 Å². The van der Waals surface area contributed by atoms with Crippen molar-refractivity contribution in [1.29, 1.82) is 0 Å². The van der Waals surface area contributed by atoms with E-state index in [1.807, 2.05) is 55.5 Å². The predicted octanol–water partition coefficient (Wildman–Crippen LogP) is 3.79. The summed E-state index contributed by atoms with van der Waals surface area (Å²) in [5.74, 6) is -2.20. The van der Waals surface area contributed by atoms with Crippen LogP contribution in [0.2, 0.25) is 0 Å². The van der Waals surface area contributed by atoms with Crippen molar-refractivity contribution in [2.24, 2.45) is 0 Å². The Kier molecular flexibility index (Phi) is 7.12. The van der Waals surface area contributed by atoms with E-state index >= 15 is 0 Å². The molecule has 0 fully saturated rings. The topological polar surface area (TPSA) is 125 Å². The van der Waals surface area contributed by atoms with Crippen LogP contribution >= 0.6 is 0 Å². The molecule has 8 heteroatoms. The molecule has 0 heterocycles. The third kappa shape index (κ3) is 5.02. The van der Waals surface area contributed by atoms with Crippen LogP contribution in [0.3, 0.4) is 0 Å². The van der Waals surface area contributed by atoms with Crippen molar-refractivity contribution < 1.29 is 29.3 Å². The number of hydrogen-bond donors (Lipinski definition) is 4. The average Bonchev–Trinajstić information content (AvgIpc) is 3.19. The summed E-state index contributed by atoms with van der Waals surface area (Å²) in [7, 11) is 0. The summed E-state index contributed by atoms with van der Waals surface area (Å²) in [5, 5.41) is 23.2. The minimum atomic E-state index is -1.46. The summed E-state index contributed by atoms with van der Waals surface area (Å²) in [6, 6.07) is 19.4. The van der Waals surface area contributed by atoms with Crippen LogP contribution in [0.1, 0.15) is 39.9 Å². The van der Waals surface area contributed by atoms with Gasteiger partial charge in [0.1, 0.15) is 6.61 Å². The number of carboxylic acid groups (broad SMARTS) is 1. The van der Waals surface area contributed by atoms with Crippen molar-refractivity contribution in [3.63, 3.8) is 0 Å². The van der Waals surface area contributed by atoms with Gasteiger partial charge in [-0.2, -0.15) is 0 Å². The number of hydrogen-bond acceptors (Lipinski definition) is 5. The molecular formula is C27H26N2O6. The molecule has 180 valence electrons. The van der Waals surface area contributed by atoms with E-state index in [1.54, 1.807) is 18.2 Å². The number of aryl methyl sites for hydroxylation is 1. The van der Waals surface area contributed by atoms with Crippen molar-refractivity contribution in [3.05, 3.63) is 89.0 Å². The van der Waals surface area contributed by atoms with Gasteiger partial charge in [-0.15, -0.1) is 0 Å². The van der Waals surface area contributed by atoms with Gasteiger partial charge in [-0.05, 0) is 46.4 Å². The van der Waals surface area contributed by atoms with Crippen LogP contribution in [0.5, 0.6) is 0 Å². The van der Waals surface area contributed by atoms with Crippen molar-refractivity contribution in [2.45, 2.75) is 25.3 Å². The number of fused-ring (bicyclic) bond motifs is 3. The second-order valence-electron chi connectivity index (χ2n) is 8.23. The van der Waals surface area contributed by atoms with E-state index in [-0.39, 0.29) is 23.8 Å². The number of benzene rings is 3. The van der Waals surface area contributed by atoms with Gasteiger partial charge in [0.15, 0.2) is 6.04 Å². The summed E-state index contributed by atoms with van der Waals surface area (Å²) < 4.78 is 5.56. The number of anilines is 1. The first-order valence-corrected chi connectivity index (χ1v) is 11.3. The summed E-state index contributed by atoms with van der Waals surface area (Å²) in [6.45, 7) is 1.26. The number of carboxylic acids is 1. The monoisotopic (exact) mass is 474 g/mol. The van der Waals surface area contributed by atoms with Gasteiger partial charge in [-0.25, -0.2) is 9.59 Å². The Hall–Kier alpha value is -4.17. The van der Waals surface area contributed by atoms with Crippen LogP contribution in [0.25, 0.3) is 11.1 Å². The fraction of sp³-hybridized carbons (Fsp3) is 0.222. The molecule has 1 aliphatic carbocycles. The minimum Gasteiger partial charge on any atom is -0.480 e. The van der Waals surface area contributed by atoms with Gasteiger partial charge in [0.05, 0.1) is 17.9 Å². The molecular weight excluding hydrogens is 448 g/mol. The molecule has 1 atom stereocenters. The zero-order chi connectivity index (χ0) is 24.9. The molecule has 0 unspecified atom stereocenters. The van der Waals surface area contributed by atoms with Gasteiger partial charge in [-0.3, -0.25) is 10.1 Å². The second-order valence-corrected chi connectivity index (χ2v) is 8.23. The molecule has 0 aromatic heterocycles. The Balaban J connectivity index is 1.50. The number of carbonyl (C=O) groups excluding carboxylic acids is 2. The van der Waals surface area contributed by atoms with Gasteiger partial charge in [-0.1, -0.05) is 61.5 Å². The number of ether oxygens (including phenoxy) is 1. The molecule has 3 aromatic carbocycles. The highest BCUT2D eigenvalue weighted by atomic mass is 16.5. The van der Waals surface area contributed by atoms with Crippen LogP contribution in [0.4, 0.5) is 10.5 Å². The summed E-state index contributed by atoms with van der Waals surface area (Å²) in [6.07, 6.45) is -0.101. The maximum absolute atomic E-state index is 12.8. The molecule has 1 aliphatic rings. The highest BCUT2D eigenvalue weighted by Gasteiger charge is 2.29. The Bertz CT molecular complexity index is 1230. The molecule has 2 amide bonds. The van der Waals surface area contributed by atoms with Gasteiger partial charge in [0, 0.05) is 5.92 Å². The molecule has 0 bridgehead atoms. The van der Waals surface area contributed by atoms with Gasteiger partial charge in [0.2, 0.25) is 0 Å². The van der Waals surface area contributed by atoms with Crippen molar-refractivity contribution in [2.75, 3.05) is 18.5 Å². The largest absolute Gasteiger partial charge is 0.480 e. The third-order valence-electron chi connectivity index (χ3n) is 6.10. The molecule has 4 rings (SSSR count). The Morgan fingerprint density at radius 2 is 1.60 bits per heavy atom. The van der Waals surface area contributed by atoms with E-state index in [0.29, 0.717) is 6.42 Å². The molecule has 4 N–H and O–H groups in total. The maximum Gasteiger partial charge on any atom is 0.411 e. The highest BCUT2D eigenvalue weighted by molar-refractivity contribution is 6.04.